The first-order valence-electron chi connectivity index (χ1n) is 6.42. The number of carboxylic acid groups (broad SMARTS) is 1. The van der Waals surface area contributed by atoms with Gasteiger partial charge in [-0.05, 0) is 29.8 Å². The summed E-state index contributed by atoms with van der Waals surface area (Å²) in [7, 11) is 0. The van der Waals surface area contributed by atoms with Gasteiger partial charge in [0.15, 0.2) is 0 Å². The number of hydrogen-bond acceptors (Lipinski definition) is 1. The summed E-state index contributed by atoms with van der Waals surface area (Å²) in [4.78, 5) is 11.5. The minimum absolute atomic E-state index is 0.102. The van der Waals surface area contributed by atoms with Crippen LogP contribution >= 0.6 is 34.8 Å². The Kier molecular flexibility index (Phi) is 4.04. The quantitative estimate of drug-likeness (QED) is 0.689. The molecule has 0 aliphatic rings. The van der Waals surface area contributed by atoms with E-state index in [4.69, 9.17) is 34.8 Å². The standard InChI is InChI=1S/C16H10Cl3NO2/c17-10-5-9(6-11(18)7-10)8-20-13-4-2-1-3-12(13)14(15(20)19)16(21)22/h1-7H,8H2,(H,21,22). The highest BCUT2D eigenvalue weighted by Crippen LogP contribution is 2.31. The highest BCUT2D eigenvalue weighted by molar-refractivity contribution is 6.35. The maximum Gasteiger partial charge on any atom is 0.339 e. The molecular weight excluding hydrogens is 345 g/mol. The van der Waals surface area contributed by atoms with Crippen LogP contribution in [0.1, 0.15) is 15.9 Å². The van der Waals surface area contributed by atoms with Crippen molar-refractivity contribution < 1.29 is 9.90 Å². The second kappa shape index (κ2) is 5.84. The van der Waals surface area contributed by atoms with Gasteiger partial charge in [0.25, 0.3) is 0 Å². The molecule has 1 N–H and O–H groups in total. The van der Waals surface area contributed by atoms with Gasteiger partial charge in [-0.25, -0.2) is 4.79 Å². The molecule has 0 saturated heterocycles. The normalized spacial score (nSPS) is 11.0. The van der Waals surface area contributed by atoms with Crippen molar-refractivity contribution >= 4 is 51.7 Å². The molecular formula is C16H10Cl3NO2. The van der Waals surface area contributed by atoms with Crippen LogP contribution in [0.15, 0.2) is 42.5 Å². The Hall–Kier alpha value is -1.68. The summed E-state index contributed by atoms with van der Waals surface area (Å²) < 4.78 is 1.74. The average Bonchev–Trinajstić information content (AvgIpc) is 2.71. The van der Waals surface area contributed by atoms with Gasteiger partial charge in [0, 0.05) is 22.0 Å². The molecule has 0 spiro atoms. The molecule has 1 heterocycles. The van der Waals surface area contributed by atoms with Gasteiger partial charge in [0.2, 0.25) is 0 Å². The van der Waals surface area contributed by atoms with E-state index in [0.717, 1.165) is 11.1 Å². The minimum atomic E-state index is -1.05. The van der Waals surface area contributed by atoms with Crippen LogP contribution in [0, 0.1) is 0 Å². The molecule has 0 atom stereocenters. The summed E-state index contributed by atoms with van der Waals surface area (Å²) in [6.07, 6.45) is 0. The summed E-state index contributed by atoms with van der Waals surface area (Å²) in [6.45, 7) is 0.382. The number of benzene rings is 2. The van der Waals surface area contributed by atoms with Crippen LogP contribution < -0.4 is 0 Å². The zero-order chi connectivity index (χ0) is 15.9. The lowest BCUT2D eigenvalue weighted by atomic mass is 10.2. The summed E-state index contributed by atoms with van der Waals surface area (Å²) >= 11 is 18.3. The van der Waals surface area contributed by atoms with E-state index in [2.05, 4.69) is 0 Å². The zero-order valence-corrected chi connectivity index (χ0v) is 13.5. The summed E-state index contributed by atoms with van der Waals surface area (Å²) in [6, 6.07) is 12.4. The van der Waals surface area contributed by atoms with Gasteiger partial charge in [0.1, 0.15) is 10.7 Å². The Morgan fingerprint density at radius 3 is 2.32 bits per heavy atom. The molecule has 3 aromatic rings. The number of aromatic nitrogens is 1. The fourth-order valence-corrected chi connectivity index (χ4v) is 3.42. The maximum absolute atomic E-state index is 11.5. The Morgan fingerprint density at radius 2 is 1.68 bits per heavy atom. The van der Waals surface area contributed by atoms with E-state index in [0.29, 0.717) is 22.0 Å². The van der Waals surface area contributed by atoms with Gasteiger partial charge in [-0.15, -0.1) is 0 Å². The van der Waals surface area contributed by atoms with Crippen molar-refractivity contribution in [1.29, 1.82) is 0 Å². The zero-order valence-electron chi connectivity index (χ0n) is 11.2. The lowest BCUT2D eigenvalue weighted by molar-refractivity contribution is 0.0699. The maximum atomic E-state index is 11.5. The molecule has 1 aromatic heterocycles. The number of nitrogens with zero attached hydrogens (tertiary/aromatic N) is 1. The largest absolute Gasteiger partial charge is 0.478 e. The van der Waals surface area contributed by atoms with Crippen molar-refractivity contribution in [3.8, 4) is 0 Å². The molecule has 0 amide bonds. The van der Waals surface area contributed by atoms with Gasteiger partial charge in [-0.2, -0.15) is 0 Å². The first kappa shape index (κ1) is 15.2. The van der Waals surface area contributed by atoms with Crippen LogP contribution in [-0.2, 0) is 6.54 Å². The molecule has 6 heteroatoms. The fraction of sp³-hybridized carbons (Fsp3) is 0.0625. The first-order valence-corrected chi connectivity index (χ1v) is 7.55. The Morgan fingerprint density at radius 1 is 1.05 bits per heavy atom. The predicted octanol–water partition coefficient (Wildman–Crippen LogP) is 5.35. The molecule has 0 fully saturated rings. The van der Waals surface area contributed by atoms with Gasteiger partial charge in [0.05, 0.1) is 5.52 Å². The van der Waals surface area contributed by atoms with Crippen LogP contribution in [0.5, 0.6) is 0 Å². The van der Waals surface area contributed by atoms with E-state index in [1.807, 2.05) is 12.1 Å². The number of rotatable bonds is 3. The Labute approximate surface area is 141 Å². The minimum Gasteiger partial charge on any atom is -0.478 e. The fourth-order valence-electron chi connectivity index (χ4n) is 2.52. The van der Waals surface area contributed by atoms with Crippen molar-refractivity contribution in [2.45, 2.75) is 6.54 Å². The molecule has 3 rings (SSSR count). The molecule has 3 nitrogen and oxygen atoms in total. The third kappa shape index (κ3) is 2.68. The van der Waals surface area contributed by atoms with E-state index in [1.54, 1.807) is 34.9 Å². The van der Waals surface area contributed by atoms with Gasteiger partial charge >= 0.3 is 5.97 Å². The van der Waals surface area contributed by atoms with E-state index in [1.165, 1.54) is 0 Å². The van der Waals surface area contributed by atoms with Crippen LogP contribution in [0.2, 0.25) is 15.2 Å². The van der Waals surface area contributed by atoms with Crippen LogP contribution in [0.4, 0.5) is 0 Å². The first-order chi connectivity index (χ1) is 10.5. The van der Waals surface area contributed by atoms with E-state index < -0.39 is 5.97 Å². The number of para-hydroxylation sites is 1. The summed E-state index contributed by atoms with van der Waals surface area (Å²) in [5, 5.41) is 11.2. The molecule has 112 valence electrons. The van der Waals surface area contributed by atoms with E-state index in [9.17, 15) is 9.90 Å². The Balaban J connectivity index is 2.18. The second-order valence-electron chi connectivity index (χ2n) is 4.85. The highest BCUT2D eigenvalue weighted by Gasteiger charge is 2.20. The molecule has 0 bridgehead atoms. The van der Waals surface area contributed by atoms with E-state index >= 15 is 0 Å². The monoisotopic (exact) mass is 353 g/mol. The number of aromatic carboxylic acids is 1. The average molecular weight is 355 g/mol. The van der Waals surface area contributed by atoms with Crippen molar-refractivity contribution in [2.24, 2.45) is 0 Å². The predicted molar refractivity (Wildman–Crippen MR) is 89.5 cm³/mol. The lowest BCUT2D eigenvalue weighted by Gasteiger charge is -2.08. The molecule has 2 aromatic carbocycles. The molecule has 22 heavy (non-hydrogen) atoms. The molecule has 0 aliphatic carbocycles. The van der Waals surface area contributed by atoms with Crippen molar-refractivity contribution in [2.75, 3.05) is 0 Å². The highest BCUT2D eigenvalue weighted by atomic mass is 35.5. The third-order valence-electron chi connectivity index (χ3n) is 3.38. The van der Waals surface area contributed by atoms with Crippen LogP contribution in [0.3, 0.4) is 0 Å². The number of carbonyl (C=O) groups is 1. The molecule has 0 aliphatic heterocycles. The number of hydrogen-bond donors (Lipinski definition) is 1. The van der Waals surface area contributed by atoms with E-state index in [-0.39, 0.29) is 10.7 Å². The lowest BCUT2D eigenvalue weighted by Crippen LogP contribution is -2.01. The van der Waals surface area contributed by atoms with Crippen molar-refractivity contribution in [3.05, 3.63) is 68.8 Å². The Bertz CT molecular complexity index is 866. The number of carboxylic acids is 1. The van der Waals surface area contributed by atoms with Crippen LogP contribution in [-0.4, -0.2) is 15.6 Å². The smallest absolute Gasteiger partial charge is 0.339 e. The van der Waals surface area contributed by atoms with Crippen LogP contribution in [0.25, 0.3) is 10.9 Å². The number of halogens is 3. The second-order valence-corrected chi connectivity index (χ2v) is 6.08. The molecule has 0 saturated carbocycles. The molecule has 0 unspecified atom stereocenters. The van der Waals surface area contributed by atoms with Gasteiger partial charge < -0.3 is 9.67 Å². The number of fused-ring (bicyclic) bond motifs is 1. The summed E-state index contributed by atoms with van der Waals surface area (Å²) in [5.74, 6) is -1.05. The summed E-state index contributed by atoms with van der Waals surface area (Å²) in [5.41, 5.74) is 1.70. The SMILES string of the molecule is O=C(O)c1c(Cl)n(Cc2cc(Cl)cc(Cl)c2)c2ccccc12. The third-order valence-corrected chi connectivity index (χ3v) is 4.21. The van der Waals surface area contributed by atoms with Crippen molar-refractivity contribution in [1.82, 2.24) is 4.57 Å². The van der Waals surface area contributed by atoms with Gasteiger partial charge in [-0.1, -0.05) is 53.0 Å². The van der Waals surface area contributed by atoms with Gasteiger partial charge in [-0.3, -0.25) is 0 Å². The topological polar surface area (TPSA) is 42.2 Å². The molecule has 0 radical (unpaired) electrons. The van der Waals surface area contributed by atoms with Crippen molar-refractivity contribution in [3.63, 3.8) is 0 Å².